The summed E-state index contributed by atoms with van der Waals surface area (Å²) in [5.41, 5.74) is 2.85. The van der Waals surface area contributed by atoms with Crippen LogP contribution in [-0.2, 0) is 12.8 Å². The van der Waals surface area contributed by atoms with Gasteiger partial charge in [0, 0.05) is 9.90 Å². The van der Waals surface area contributed by atoms with Gasteiger partial charge in [0.05, 0.1) is 11.1 Å². The Morgan fingerprint density at radius 2 is 2.21 bits per heavy atom. The maximum absolute atomic E-state index is 13.2. The van der Waals surface area contributed by atoms with Crippen molar-refractivity contribution in [3.05, 3.63) is 54.4 Å². The van der Waals surface area contributed by atoms with Crippen LogP contribution >= 0.6 is 35.2 Å². The number of rotatable bonds is 1. The number of benzene rings is 1. The van der Waals surface area contributed by atoms with Crippen molar-refractivity contribution in [2.45, 2.75) is 33.1 Å². The Labute approximate surface area is 153 Å². The predicted octanol–water partition coefficient (Wildman–Crippen LogP) is 5.20. The lowest BCUT2D eigenvalue weighted by molar-refractivity contribution is 0.509. The quantitative estimate of drug-likeness (QED) is 0.593. The minimum atomic E-state index is -0.0410. The van der Waals surface area contributed by atoms with Crippen LogP contribution in [0.5, 0.6) is 0 Å². The highest BCUT2D eigenvalue weighted by atomic mass is 35.5. The number of thiophene rings is 1. The van der Waals surface area contributed by atoms with Crippen LogP contribution in [0.1, 0.15) is 29.3 Å². The topological polar surface area (TPSA) is 37.8 Å². The van der Waals surface area contributed by atoms with Gasteiger partial charge in [-0.05, 0) is 67.6 Å². The molecule has 0 aliphatic heterocycles. The lowest BCUT2D eigenvalue weighted by Gasteiger charge is -2.17. The van der Waals surface area contributed by atoms with Gasteiger partial charge < -0.3 is 4.98 Å². The van der Waals surface area contributed by atoms with Crippen molar-refractivity contribution >= 4 is 45.4 Å². The molecule has 0 fully saturated rings. The Hall–Kier alpha value is -1.43. The second-order valence-corrected chi connectivity index (χ2v) is 8.46. The summed E-state index contributed by atoms with van der Waals surface area (Å²) in [5, 5.41) is 1.43. The Balaban J connectivity index is 2.02. The van der Waals surface area contributed by atoms with Gasteiger partial charge in [-0.1, -0.05) is 24.6 Å². The Bertz CT molecular complexity index is 1080. The van der Waals surface area contributed by atoms with Gasteiger partial charge >= 0.3 is 0 Å². The molecule has 1 atom stereocenters. The summed E-state index contributed by atoms with van der Waals surface area (Å²) in [5.74, 6) is 0.673. The Kier molecular flexibility index (Phi) is 3.90. The highest BCUT2D eigenvalue weighted by Crippen LogP contribution is 2.35. The standard InChI is InChI=1S/C18H17ClN2OS2/c1-9-3-6-12-14(7-9)24-16-15(12)17(22)21(18(23)20-16)11-5-4-10(2)13(19)8-11/h4-5,8-9H,3,6-7H2,1-2H3,(H,20,23). The second kappa shape index (κ2) is 5.83. The van der Waals surface area contributed by atoms with E-state index in [1.807, 2.05) is 19.1 Å². The van der Waals surface area contributed by atoms with Crippen molar-refractivity contribution in [3.8, 4) is 5.69 Å². The molecule has 0 spiro atoms. The van der Waals surface area contributed by atoms with E-state index in [2.05, 4.69) is 11.9 Å². The van der Waals surface area contributed by atoms with E-state index >= 15 is 0 Å². The monoisotopic (exact) mass is 376 g/mol. The third-order valence-electron chi connectivity index (χ3n) is 4.77. The lowest BCUT2D eigenvalue weighted by atomic mass is 9.89. The van der Waals surface area contributed by atoms with Crippen molar-refractivity contribution in [3.63, 3.8) is 0 Å². The zero-order valence-corrected chi connectivity index (χ0v) is 15.9. The Morgan fingerprint density at radius 3 is 2.96 bits per heavy atom. The molecule has 3 aromatic rings. The molecule has 0 saturated heterocycles. The van der Waals surface area contributed by atoms with Crippen LogP contribution in [0.3, 0.4) is 0 Å². The van der Waals surface area contributed by atoms with E-state index in [-0.39, 0.29) is 5.56 Å². The number of hydrogen-bond donors (Lipinski definition) is 1. The zero-order chi connectivity index (χ0) is 17.0. The van der Waals surface area contributed by atoms with Gasteiger partial charge in [0.2, 0.25) is 0 Å². The number of H-pyrrole nitrogens is 1. The maximum atomic E-state index is 13.2. The van der Waals surface area contributed by atoms with Crippen LogP contribution in [0, 0.1) is 17.6 Å². The SMILES string of the molecule is Cc1ccc(-n2c(=S)[nH]c3sc4c(c3c2=O)CCC(C)C4)cc1Cl. The normalized spacial score (nSPS) is 17.2. The fourth-order valence-corrected chi connectivity index (χ4v) is 5.31. The number of hydrogen-bond acceptors (Lipinski definition) is 3. The minimum Gasteiger partial charge on any atom is -0.323 e. The number of halogens is 1. The van der Waals surface area contributed by atoms with E-state index in [9.17, 15) is 4.79 Å². The molecule has 24 heavy (non-hydrogen) atoms. The zero-order valence-electron chi connectivity index (χ0n) is 13.5. The van der Waals surface area contributed by atoms with Crippen LogP contribution in [-0.4, -0.2) is 9.55 Å². The summed E-state index contributed by atoms with van der Waals surface area (Å²) >= 11 is 13.4. The number of nitrogens with zero attached hydrogens (tertiary/aromatic N) is 1. The van der Waals surface area contributed by atoms with Crippen LogP contribution < -0.4 is 5.56 Å². The molecule has 0 radical (unpaired) electrons. The molecule has 2 heterocycles. The van der Waals surface area contributed by atoms with Gasteiger partial charge in [-0.2, -0.15) is 0 Å². The Morgan fingerprint density at radius 1 is 1.42 bits per heavy atom. The van der Waals surface area contributed by atoms with Crippen LogP contribution in [0.4, 0.5) is 0 Å². The number of aromatic nitrogens is 2. The average Bonchev–Trinajstić information content (AvgIpc) is 2.87. The molecule has 0 bridgehead atoms. The lowest BCUT2D eigenvalue weighted by Crippen LogP contribution is -2.21. The van der Waals surface area contributed by atoms with Crippen LogP contribution in [0.25, 0.3) is 15.9 Å². The van der Waals surface area contributed by atoms with E-state index in [1.54, 1.807) is 22.0 Å². The number of nitrogens with one attached hydrogen (secondary N) is 1. The van der Waals surface area contributed by atoms with E-state index in [0.717, 1.165) is 35.0 Å². The summed E-state index contributed by atoms with van der Waals surface area (Å²) in [7, 11) is 0. The molecule has 4 rings (SSSR count). The van der Waals surface area contributed by atoms with Crippen molar-refractivity contribution in [2.75, 3.05) is 0 Å². The van der Waals surface area contributed by atoms with Gasteiger partial charge in [-0.3, -0.25) is 9.36 Å². The molecule has 1 aliphatic rings. The predicted molar refractivity (Wildman–Crippen MR) is 104 cm³/mol. The van der Waals surface area contributed by atoms with E-state index < -0.39 is 0 Å². The number of aromatic amines is 1. The van der Waals surface area contributed by atoms with Gasteiger partial charge in [-0.25, -0.2) is 0 Å². The van der Waals surface area contributed by atoms with Crippen molar-refractivity contribution < 1.29 is 0 Å². The molecule has 3 nitrogen and oxygen atoms in total. The van der Waals surface area contributed by atoms with E-state index in [4.69, 9.17) is 23.8 Å². The first kappa shape index (κ1) is 16.1. The van der Waals surface area contributed by atoms with Gasteiger partial charge in [0.15, 0.2) is 4.77 Å². The summed E-state index contributed by atoms with van der Waals surface area (Å²) in [6, 6.07) is 5.60. The number of aryl methyl sites for hydroxylation is 2. The van der Waals surface area contributed by atoms with Gasteiger partial charge in [0.25, 0.3) is 5.56 Å². The van der Waals surface area contributed by atoms with E-state index in [0.29, 0.717) is 21.4 Å². The first-order valence-electron chi connectivity index (χ1n) is 8.02. The summed E-state index contributed by atoms with van der Waals surface area (Å²) < 4.78 is 1.98. The van der Waals surface area contributed by atoms with Crippen molar-refractivity contribution in [2.24, 2.45) is 5.92 Å². The molecule has 0 saturated carbocycles. The molecule has 1 aliphatic carbocycles. The molecule has 2 aromatic heterocycles. The van der Waals surface area contributed by atoms with E-state index in [1.165, 1.54) is 10.4 Å². The number of fused-ring (bicyclic) bond motifs is 3. The molecule has 0 amide bonds. The van der Waals surface area contributed by atoms with Crippen LogP contribution in [0.2, 0.25) is 5.02 Å². The summed E-state index contributed by atoms with van der Waals surface area (Å²) in [6.45, 7) is 4.21. The molecule has 6 heteroatoms. The third-order valence-corrected chi connectivity index (χ3v) is 6.63. The highest BCUT2D eigenvalue weighted by Gasteiger charge is 2.23. The first-order valence-corrected chi connectivity index (χ1v) is 9.62. The molecule has 1 unspecified atom stereocenters. The largest absolute Gasteiger partial charge is 0.323 e. The molecule has 124 valence electrons. The molecule has 1 N–H and O–H groups in total. The summed E-state index contributed by atoms with van der Waals surface area (Å²) in [4.78, 5) is 18.7. The average molecular weight is 377 g/mol. The van der Waals surface area contributed by atoms with Crippen molar-refractivity contribution in [1.82, 2.24) is 9.55 Å². The molecular formula is C18H17ClN2OS2. The smallest absolute Gasteiger partial charge is 0.267 e. The van der Waals surface area contributed by atoms with Crippen molar-refractivity contribution in [1.29, 1.82) is 0 Å². The fourth-order valence-electron chi connectivity index (χ4n) is 3.38. The highest BCUT2D eigenvalue weighted by molar-refractivity contribution is 7.71. The molecule has 1 aromatic carbocycles. The minimum absolute atomic E-state index is 0.0410. The van der Waals surface area contributed by atoms with Gasteiger partial charge in [-0.15, -0.1) is 11.3 Å². The fraction of sp³-hybridized carbons (Fsp3) is 0.333. The molecular weight excluding hydrogens is 360 g/mol. The second-order valence-electron chi connectivity index (χ2n) is 6.56. The maximum Gasteiger partial charge on any atom is 0.267 e. The first-order chi connectivity index (χ1) is 11.5. The summed E-state index contributed by atoms with van der Waals surface area (Å²) in [6.07, 6.45) is 3.14. The van der Waals surface area contributed by atoms with Crippen LogP contribution in [0.15, 0.2) is 23.0 Å². The third kappa shape index (κ3) is 2.46. The van der Waals surface area contributed by atoms with Gasteiger partial charge in [0.1, 0.15) is 4.83 Å².